The van der Waals surface area contributed by atoms with Gasteiger partial charge in [-0.15, -0.1) is 0 Å². The molecule has 2 saturated carbocycles. The van der Waals surface area contributed by atoms with Gasteiger partial charge in [-0.2, -0.15) is 0 Å². The molecule has 0 bridgehead atoms. The molecule has 3 aliphatic rings. The van der Waals surface area contributed by atoms with Gasteiger partial charge in [-0.05, 0) is 36.2 Å². The van der Waals surface area contributed by atoms with E-state index in [0.717, 1.165) is 5.56 Å². The van der Waals surface area contributed by atoms with Gasteiger partial charge in [-0.3, -0.25) is 19.2 Å². The summed E-state index contributed by atoms with van der Waals surface area (Å²) >= 11 is 0. The van der Waals surface area contributed by atoms with Crippen LogP contribution in [0, 0.1) is 28.6 Å². The second-order valence-corrected chi connectivity index (χ2v) is 9.53. The van der Waals surface area contributed by atoms with Crippen LogP contribution in [-0.2, 0) is 33.4 Å². The summed E-state index contributed by atoms with van der Waals surface area (Å²) in [5.74, 6) is -3.35. The monoisotopic (exact) mass is 432 g/mol. The van der Waals surface area contributed by atoms with Gasteiger partial charge in [0, 0.05) is 24.8 Å². The number of fused-ring (bicyclic) bond motifs is 3. The molecule has 1 saturated heterocycles. The molecule has 0 spiro atoms. The van der Waals surface area contributed by atoms with Crippen molar-refractivity contribution in [3.05, 3.63) is 24.2 Å². The average Bonchev–Trinajstić information content (AvgIpc) is 3.23. The number of hydrogen-bond donors (Lipinski definition) is 0. The van der Waals surface area contributed by atoms with Crippen molar-refractivity contribution in [2.75, 3.05) is 7.11 Å². The summed E-state index contributed by atoms with van der Waals surface area (Å²) in [5.41, 5.74) is -0.763. The van der Waals surface area contributed by atoms with Crippen LogP contribution in [0.3, 0.4) is 0 Å². The van der Waals surface area contributed by atoms with Crippen molar-refractivity contribution in [3.8, 4) is 0 Å². The Balaban J connectivity index is 1.80. The fourth-order valence-electron chi connectivity index (χ4n) is 6.46. The first-order chi connectivity index (χ1) is 14.6. The van der Waals surface area contributed by atoms with E-state index in [1.807, 2.05) is 13.8 Å². The third kappa shape index (κ3) is 3.27. The van der Waals surface area contributed by atoms with E-state index in [1.54, 1.807) is 6.07 Å². The Bertz CT molecular complexity index is 905. The van der Waals surface area contributed by atoms with Gasteiger partial charge in [-0.25, -0.2) is 0 Å². The number of furan rings is 1. The normalized spacial score (nSPS) is 39.7. The van der Waals surface area contributed by atoms with E-state index in [-0.39, 0.29) is 18.2 Å². The number of cyclic esters (lactones) is 1. The summed E-state index contributed by atoms with van der Waals surface area (Å²) in [6, 6.07) is 1.74. The van der Waals surface area contributed by atoms with Crippen molar-refractivity contribution in [2.24, 2.45) is 28.6 Å². The lowest BCUT2D eigenvalue weighted by Gasteiger charge is -2.60. The zero-order chi connectivity index (χ0) is 22.6. The third-order valence-electron chi connectivity index (χ3n) is 7.81. The van der Waals surface area contributed by atoms with E-state index < -0.39 is 52.7 Å². The molecule has 1 aromatic heterocycles. The highest BCUT2D eigenvalue weighted by atomic mass is 16.6. The van der Waals surface area contributed by atoms with Gasteiger partial charge in [0.1, 0.15) is 6.10 Å². The van der Waals surface area contributed by atoms with Gasteiger partial charge in [0.2, 0.25) is 0 Å². The molecular formula is C23H28O8. The quantitative estimate of drug-likeness (QED) is 0.530. The number of methoxy groups -OCH3 is 1. The lowest BCUT2D eigenvalue weighted by molar-refractivity contribution is -0.210. The van der Waals surface area contributed by atoms with E-state index in [0.29, 0.717) is 19.3 Å². The zero-order valence-corrected chi connectivity index (χ0v) is 18.2. The van der Waals surface area contributed by atoms with Gasteiger partial charge < -0.3 is 18.6 Å². The number of Topliss-reactive ketones (excluding diaryl/α,β-unsaturated/α-hetero) is 1. The fourth-order valence-corrected chi connectivity index (χ4v) is 6.46. The Morgan fingerprint density at radius 2 is 1.94 bits per heavy atom. The molecule has 0 radical (unpaired) electrons. The number of esters is 3. The molecule has 0 N–H and O–H groups in total. The summed E-state index contributed by atoms with van der Waals surface area (Å²) in [5, 5.41) is 0. The first-order valence-corrected chi connectivity index (χ1v) is 10.6. The van der Waals surface area contributed by atoms with E-state index in [9.17, 15) is 19.2 Å². The highest BCUT2D eigenvalue weighted by Gasteiger charge is 2.67. The lowest BCUT2D eigenvalue weighted by Crippen LogP contribution is -2.64. The Kier molecular flexibility index (Phi) is 5.22. The van der Waals surface area contributed by atoms with Crippen LogP contribution in [0.25, 0.3) is 0 Å². The van der Waals surface area contributed by atoms with Crippen molar-refractivity contribution in [3.63, 3.8) is 0 Å². The smallest absolute Gasteiger partial charge is 0.310 e. The second kappa shape index (κ2) is 7.50. The molecule has 168 valence electrons. The summed E-state index contributed by atoms with van der Waals surface area (Å²) in [6.07, 6.45) is 2.98. The number of ketones is 1. The van der Waals surface area contributed by atoms with Crippen LogP contribution in [0.1, 0.15) is 58.1 Å². The molecule has 0 aromatic carbocycles. The van der Waals surface area contributed by atoms with E-state index in [2.05, 4.69) is 0 Å². The van der Waals surface area contributed by atoms with Crippen molar-refractivity contribution < 1.29 is 37.8 Å². The van der Waals surface area contributed by atoms with Crippen LogP contribution in [0.5, 0.6) is 0 Å². The Morgan fingerprint density at radius 1 is 1.19 bits per heavy atom. The largest absolute Gasteiger partial charge is 0.472 e. The predicted molar refractivity (Wildman–Crippen MR) is 105 cm³/mol. The van der Waals surface area contributed by atoms with Crippen LogP contribution < -0.4 is 0 Å². The Labute approximate surface area is 180 Å². The molecular weight excluding hydrogens is 404 g/mol. The summed E-state index contributed by atoms with van der Waals surface area (Å²) < 4.78 is 21.3. The first kappa shape index (κ1) is 21.6. The molecule has 8 heteroatoms. The van der Waals surface area contributed by atoms with Crippen LogP contribution in [0.2, 0.25) is 0 Å². The molecule has 3 fully saturated rings. The number of ether oxygens (including phenoxy) is 3. The molecule has 1 aromatic rings. The number of hydrogen-bond acceptors (Lipinski definition) is 8. The minimum atomic E-state index is -1.04. The maximum Gasteiger partial charge on any atom is 0.310 e. The average molecular weight is 432 g/mol. The molecule has 2 heterocycles. The molecule has 8 nitrogen and oxygen atoms in total. The van der Waals surface area contributed by atoms with Gasteiger partial charge in [0.25, 0.3) is 0 Å². The standard InChI is InChI=1S/C23H28O8/c1-12(24)30-16-9-15(20(26)28-4)22(2)7-5-14-21(27)31-17(13-6-8-29-11-13)10-23(14,3)19(22)18(16)25/h6,8,11,14-17,19H,5,7,9-10H2,1-4H3/t14-,15+,16+,17-,19-,22-,23+/m1/s1. The Hall–Kier alpha value is -2.64. The fraction of sp³-hybridized carbons (Fsp3) is 0.652. The molecule has 0 amide bonds. The van der Waals surface area contributed by atoms with Gasteiger partial charge >= 0.3 is 17.9 Å². The van der Waals surface area contributed by atoms with Crippen LogP contribution in [0.4, 0.5) is 0 Å². The predicted octanol–water partition coefficient (Wildman–Crippen LogP) is 3.00. The highest BCUT2D eigenvalue weighted by molar-refractivity contribution is 5.93. The zero-order valence-electron chi connectivity index (χ0n) is 18.2. The molecule has 0 unspecified atom stereocenters. The van der Waals surface area contributed by atoms with Gasteiger partial charge in [0.05, 0.1) is 31.5 Å². The molecule has 1 aliphatic heterocycles. The molecule has 2 aliphatic carbocycles. The van der Waals surface area contributed by atoms with Crippen LogP contribution in [0.15, 0.2) is 23.0 Å². The summed E-state index contributed by atoms with van der Waals surface area (Å²) in [6.45, 7) is 5.09. The lowest BCUT2D eigenvalue weighted by atomic mass is 9.43. The minimum Gasteiger partial charge on any atom is -0.472 e. The minimum absolute atomic E-state index is 0.0917. The van der Waals surface area contributed by atoms with Crippen molar-refractivity contribution in [1.82, 2.24) is 0 Å². The van der Waals surface area contributed by atoms with Gasteiger partial charge in [0.15, 0.2) is 11.9 Å². The maximum absolute atomic E-state index is 13.7. The summed E-state index contributed by atoms with van der Waals surface area (Å²) in [7, 11) is 1.32. The number of rotatable bonds is 3. The highest BCUT2D eigenvalue weighted by Crippen LogP contribution is 2.65. The van der Waals surface area contributed by atoms with Crippen molar-refractivity contribution in [1.29, 1.82) is 0 Å². The number of carbonyl (C=O) groups excluding carboxylic acids is 4. The number of carbonyl (C=O) groups is 4. The third-order valence-corrected chi connectivity index (χ3v) is 7.81. The molecule has 7 atom stereocenters. The molecule has 4 rings (SSSR count). The maximum atomic E-state index is 13.7. The Morgan fingerprint density at radius 3 is 2.55 bits per heavy atom. The summed E-state index contributed by atoms with van der Waals surface area (Å²) in [4.78, 5) is 51.2. The van der Waals surface area contributed by atoms with E-state index in [4.69, 9.17) is 18.6 Å². The van der Waals surface area contributed by atoms with Crippen molar-refractivity contribution in [2.45, 2.75) is 58.7 Å². The van der Waals surface area contributed by atoms with E-state index in [1.165, 1.54) is 26.6 Å². The first-order valence-electron chi connectivity index (χ1n) is 10.6. The molecule has 31 heavy (non-hydrogen) atoms. The van der Waals surface area contributed by atoms with Crippen LogP contribution >= 0.6 is 0 Å². The SMILES string of the molecule is COC(=O)[C@@H]1C[C@H](OC(C)=O)C(=O)[C@@H]2[C@]1(C)CC[C@@H]1C(=O)O[C@@H](c3ccoc3)C[C@]21C. The second-order valence-electron chi connectivity index (χ2n) is 9.53. The van der Waals surface area contributed by atoms with Crippen LogP contribution in [-0.4, -0.2) is 36.9 Å². The van der Waals surface area contributed by atoms with E-state index >= 15 is 0 Å². The van der Waals surface area contributed by atoms with Gasteiger partial charge in [-0.1, -0.05) is 13.8 Å². The topological polar surface area (TPSA) is 109 Å². The van der Waals surface area contributed by atoms with Crippen molar-refractivity contribution >= 4 is 23.7 Å².